The van der Waals surface area contributed by atoms with E-state index >= 15 is 0 Å². The van der Waals surface area contributed by atoms with Gasteiger partial charge in [-0.1, -0.05) is 30.3 Å². The molecule has 0 aliphatic rings. The van der Waals surface area contributed by atoms with E-state index in [1.54, 1.807) is 36.4 Å². The van der Waals surface area contributed by atoms with Gasteiger partial charge in [-0.25, -0.2) is 18.4 Å². The van der Waals surface area contributed by atoms with Crippen LogP contribution >= 0.6 is 12.2 Å². The standard InChI is InChI=1S/C16H13F2N5S/c17-12-6-2-1-5-11(12)9-23-10-19-15(22-23)21-16(24)20-14-8-4-3-7-13(14)18/h1-8,10H,9H2,(H2,20,21,22,24). The molecular formula is C16H13F2N5S. The van der Waals surface area contributed by atoms with Crippen LogP contribution in [0.3, 0.4) is 0 Å². The maximum atomic E-state index is 13.6. The Labute approximate surface area is 142 Å². The first-order valence-electron chi connectivity index (χ1n) is 7.07. The molecule has 24 heavy (non-hydrogen) atoms. The number of hydrogen-bond donors (Lipinski definition) is 2. The number of halogens is 2. The van der Waals surface area contributed by atoms with Gasteiger partial charge in [-0.2, -0.15) is 0 Å². The fourth-order valence-corrected chi connectivity index (χ4v) is 2.25. The summed E-state index contributed by atoms with van der Waals surface area (Å²) < 4.78 is 28.7. The number of nitrogens with one attached hydrogen (secondary N) is 2. The van der Waals surface area contributed by atoms with Crippen molar-refractivity contribution in [3.8, 4) is 0 Å². The van der Waals surface area contributed by atoms with Crippen molar-refractivity contribution >= 4 is 29.0 Å². The molecule has 2 N–H and O–H groups in total. The van der Waals surface area contributed by atoms with Gasteiger partial charge < -0.3 is 5.32 Å². The Hall–Kier alpha value is -2.87. The fraction of sp³-hybridized carbons (Fsp3) is 0.0625. The lowest BCUT2D eigenvalue weighted by atomic mass is 10.2. The zero-order chi connectivity index (χ0) is 16.9. The van der Waals surface area contributed by atoms with Crippen LogP contribution in [-0.2, 0) is 6.54 Å². The molecule has 0 aliphatic carbocycles. The van der Waals surface area contributed by atoms with Crippen LogP contribution in [0.1, 0.15) is 5.56 Å². The predicted octanol–water partition coefficient (Wildman–Crippen LogP) is 3.41. The topological polar surface area (TPSA) is 54.8 Å². The Morgan fingerprint density at radius 1 is 1.00 bits per heavy atom. The molecule has 1 aromatic heterocycles. The number of hydrogen-bond acceptors (Lipinski definition) is 3. The second-order valence-corrected chi connectivity index (χ2v) is 5.32. The molecule has 0 spiro atoms. The quantitative estimate of drug-likeness (QED) is 0.710. The van der Waals surface area contributed by atoms with E-state index in [1.807, 2.05) is 0 Å². The smallest absolute Gasteiger partial charge is 0.248 e. The number of rotatable bonds is 4. The molecule has 0 atom stereocenters. The molecule has 5 nitrogen and oxygen atoms in total. The van der Waals surface area contributed by atoms with Crippen molar-refractivity contribution in [3.05, 3.63) is 72.1 Å². The minimum absolute atomic E-state index is 0.156. The number of thiocarbonyl (C=S) groups is 1. The number of para-hydroxylation sites is 1. The third-order valence-electron chi connectivity index (χ3n) is 3.17. The lowest BCUT2D eigenvalue weighted by molar-refractivity contribution is 0.585. The fourth-order valence-electron chi connectivity index (χ4n) is 2.05. The van der Waals surface area contributed by atoms with Crippen LogP contribution in [0, 0.1) is 11.6 Å². The van der Waals surface area contributed by atoms with Crippen molar-refractivity contribution < 1.29 is 8.78 Å². The van der Waals surface area contributed by atoms with Gasteiger partial charge in [0.25, 0.3) is 0 Å². The first-order valence-corrected chi connectivity index (χ1v) is 7.48. The highest BCUT2D eigenvalue weighted by Gasteiger charge is 2.08. The number of aromatic nitrogens is 3. The second-order valence-electron chi connectivity index (χ2n) is 4.92. The van der Waals surface area contributed by atoms with Crippen LogP contribution in [-0.4, -0.2) is 19.9 Å². The average molecular weight is 345 g/mol. The van der Waals surface area contributed by atoms with E-state index in [4.69, 9.17) is 12.2 Å². The van der Waals surface area contributed by atoms with Gasteiger partial charge in [0.2, 0.25) is 5.95 Å². The molecule has 2 aromatic carbocycles. The molecule has 1 heterocycles. The first kappa shape index (κ1) is 16.0. The molecule has 0 bridgehead atoms. The Morgan fingerprint density at radius 2 is 1.71 bits per heavy atom. The maximum Gasteiger partial charge on any atom is 0.248 e. The third kappa shape index (κ3) is 3.90. The van der Waals surface area contributed by atoms with Gasteiger partial charge in [0, 0.05) is 5.56 Å². The summed E-state index contributed by atoms with van der Waals surface area (Å²) in [4.78, 5) is 4.04. The predicted molar refractivity (Wildman–Crippen MR) is 91.8 cm³/mol. The van der Waals surface area contributed by atoms with Crippen molar-refractivity contribution in [1.82, 2.24) is 14.8 Å². The zero-order valence-electron chi connectivity index (χ0n) is 12.4. The Kier molecular flexibility index (Phi) is 4.76. The van der Waals surface area contributed by atoms with Gasteiger partial charge >= 0.3 is 0 Å². The second kappa shape index (κ2) is 7.14. The van der Waals surface area contributed by atoms with Crippen molar-refractivity contribution in [2.75, 3.05) is 10.6 Å². The van der Waals surface area contributed by atoms with Crippen LogP contribution < -0.4 is 10.6 Å². The lowest BCUT2D eigenvalue weighted by Gasteiger charge is -2.08. The minimum atomic E-state index is -0.417. The van der Waals surface area contributed by atoms with Crippen molar-refractivity contribution in [2.24, 2.45) is 0 Å². The molecular weight excluding hydrogens is 332 g/mol. The average Bonchev–Trinajstić information content (AvgIpc) is 2.99. The molecule has 3 aromatic rings. The summed E-state index contributed by atoms with van der Waals surface area (Å²) in [6, 6.07) is 12.6. The summed E-state index contributed by atoms with van der Waals surface area (Å²) in [5.74, 6) is -0.487. The van der Waals surface area contributed by atoms with E-state index in [1.165, 1.54) is 23.1 Å². The van der Waals surface area contributed by atoms with Crippen LogP contribution in [0.5, 0.6) is 0 Å². The molecule has 3 rings (SSSR count). The summed E-state index contributed by atoms with van der Waals surface area (Å²) in [6.45, 7) is 0.245. The Bertz CT molecular complexity index is 865. The van der Waals surface area contributed by atoms with Crippen LogP contribution in [0.15, 0.2) is 54.9 Å². The molecule has 0 fully saturated rings. The Morgan fingerprint density at radius 3 is 2.46 bits per heavy atom. The van der Waals surface area contributed by atoms with Crippen molar-refractivity contribution in [1.29, 1.82) is 0 Å². The van der Waals surface area contributed by atoms with E-state index in [0.29, 0.717) is 5.56 Å². The molecule has 8 heteroatoms. The SMILES string of the molecule is Fc1ccccc1Cn1cnc(NC(=S)Nc2ccccc2F)n1. The molecule has 0 saturated heterocycles. The Balaban J connectivity index is 1.63. The highest BCUT2D eigenvalue weighted by molar-refractivity contribution is 7.80. The maximum absolute atomic E-state index is 13.6. The molecule has 0 unspecified atom stereocenters. The van der Waals surface area contributed by atoms with E-state index < -0.39 is 5.82 Å². The molecule has 0 radical (unpaired) electrons. The van der Waals surface area contributed by atoms with Crippen LogP contribution in [0.25, 0.3) is 0 Å². The van der Waals surface area contributed by atoms with Gasteiger partial charge in [0.1, 0.15) is 18.0 Å². The van der Waals surface area contributed by atoms with Gasteiger partial charge in [0.15, 0.2) is 5.11 Å². The monoisotopic (exact) mass is 345 g/mol. The highest BCUT2D eigenvalue weighted by atomic mass is 32.1. The summed E-state index contributed by atoms with van der Waals surface area (Å²) in [5, 5.41) is 9.79. The summed E-state index contributed by atoms with van der Waals surface area (Å²) in [7, 11) is 0. The van der Waals surface area contributed by atoms with E-state index in [0.717, 1.165) is 0 Å². The van der Waals surface area contributed by atoms with Crippen LogP contribution in [0.4, 0.5) is 20.4 Å². The molecule has 0 saturated carbocycles. The first-order chi connectivity index (χ1) is 11.6. The molecule has 0 amide bonds. The summed E-state index contributed by atoms with van der Waals surface area (Å²) in [5.41, 5.74) is 0.752. The summed E-state index contributed by atoms with van der Waals surface area (Å²) >= 11 is 5.10. The van der Waals surface area contributed by atoms with E-state index in [-0.39, 0.29) is 29.1 Å². The third-order valence-corrected chi connectivity index (χ3v) is 3.38. The zero-order valence-corrected chi connectivity index (χ0v) is 13.2. The van der Waals surface area contributed by atoms with Gasteiger partial charge in [-0.3, -0.25) is 5.32 Å². The molecule has 122 valence electrons. The lowest BCUT2D eigenvalue weighted by Crippen LogP contribution is -2.20. The van der Waals surface area contributed by atoms with Gasteiger partial charge in [0.05, 0.1) is 12.2 Å². The van der Waals surface area contributed by atoms with E-state index in [2.05, 4.69) is 20.7 Å². The van der Waals surface area contributed by atoms with Gasteiger partial charge in [-0.15, -0.1) is 5.10 Å². The molecule has 0 aliphatic heterocycles. The van der Waals surface area contributed by atoms with Crippen molar-refractivity contribution in [3.63, 3.8) is 0 Å². The minimum Gasteiger partial charge on any atom is -0.330 e. The summed E-state index contributed by atoms with van der Waals surface area (Å²) in [6.07, 6.45) is 1.46. The number of nitrogens with zero attached hydrogens (tertiary/aromatic N) is 3. The van der Waals surface area contributed by atoms with Crippen molar-refractivity contribution in [2.45, 2.75) is 6.54 Å². The highest BCUT2D eigenvalue weighted by Crippen LogP contribution is 2.13. The normalized spacial score (nSPS) is 10.4. The number of anilines is 2. The van der Waals surface area contributed by atoms with Gasteiger partial charge in [-0.05, 0) is 30.4 Å². The van der Waals surface area contributed by atoms with Crippen LogP contribution in [0.2, 0.25) is 0 Å². The number of benzene rings is 2. The van der Waals surface area contributed by atoms with E-state index in [9.17, 15) is 8.78 Å². The largest absolute Gasteiger partial charge is 0.330 e.